The summed E-state index contributed by atoms with van der Waals surface area (Å²) < 4.78 is 47.9. The standard InChI is InChI=1S/C20H21F3N6O2/c1-2-30-15-5-3-14(4-6-15)16-7-8-17(25-24-16)29-11-9-28(10-12-29)13-18-26-27-19(31-18)20(21,22)23/h3-8H,2,9-13H2,1H3. The third-order valence-electron chi connectivity index (χ3n) is 4.88. The van der Waals surface area contributed by atoms with Crippen molar-refractivity contribution in [1.29, 1.82) is 0 Å². The molecule has 1 fully saturated rings. The average molecular weight is 434 g/mol. The molecule has 0 atom stereocenters. The molecule has 0 radical (unpaired) electrons. The van der Waals surface area contributed by atoms with E-state index in [1.165, 1.54) is 0 Å². The van der Waals surface area contributed by atoms with Crippen molar-refractivity contribution in [3.05, 3.63) is 48.2 Å². The van der Waals surface area contributed by atoms with Gasteiger partial charge in [-0.3, -0.25) is 4.90 Å². The van der Waals surface area contributed by atoms with Gasteiger partial charge in [-0.25, -0.2) is 0 Å². The quantitative estimate of drug-likeness (QED) is 0.585. The summed E-state index contributed by atoms with van der Waals surface area (Å²) in [5.41, 5.74) is 1.72. The topological polar surface area (TPSA) is 80.4 Å². The van der Waals surface area contributed by atoms with Crippen molar-refractivity contribution in [2.45, 2.75) is 19.6 Å². The lowest BCUT2D eigenvalue weighted by molar-refractivity contribution is -0.157. The molecule has 11 heteroatoms. The molecule has 1 aliphatic heterocycles. The Morgan fingerprint density at radius 1 is 0.935 bits per heavy atom. The van der Waals surface area contributed by atoms with Crippen molar-refractivity contribution in [3.8, 4) is 17.0 Å². The van der Waals surface area contributed by atoms with Crippen LogP contribution in [-0.2, 0) is 12.7 Å². The molecule has 0 unspecified atom stereocenters. The summed E-state index contributed by atoms with van der Waals surface area (Å²) in [6.45, 7) is 5.32. The monoisotopic (exact) mass is 434 g/mol. The minimum atomic E-state index is -4.62. The van der Waals surface area contributed by atoms with Crippen LogP contribution >= 0.6 is 0 Å². The maximum Gasteiger partial charge on any atom is 0.470 e. The molecule has 1 aromatic carbocycles. The smallest absolute Gasteiger partial charge is 0.470 e. The first-order valence-corrected chi connectivity index (χ1v) is 9.86. The number of hydrogen-bond acceptors (Lipinski definition) is 8. The second kappa shape index (κ2) is 8.88. The van der Waals surface area contributed by atoms with E-state index < -0.39 is 12.1 Å². The Balaban J connectivity index is 1.32. The lowest BCUT2D eigenvalue weighted by Crippen LogP contribution is -2.46. The van der Waals surface area contributed by atoms with Crippen LogP contribution < -0.4 is 9.64 Å². The van der Waals surface area contributed by atoms with Gasteiger partial charge >= 0.3 is 12.1 Å². The van der Waals surface area contributed by atoms with Gasteiger partial charge in [-0.15, -0.1) is 20.4 Å². The lowest BCUT2D eigenvalue weighted by atomic mass is 10.1. The Morgan fingerprint density at radius 2 is 1.68 bits per heavy atom. The van der Waals surface area contributed by atoms with Gasteiger partial charge in [-0.1, -0.05) is 0 Å². The van der Waals surface area contributed by atoms with E-state index in [1.54, 1.807) is 0 Å². The number of ether oxygens (including phenoxy) is 1. The molecule has 1 aliphatic rings. The highest BCUT2D eigenvalue weighted by Crippen LogP contribution is 2.28. The summed E-state index contributed by atoms with van der Waals surface area (Å²) in [5.74, 6) is 0.208. The number of anilines is 1. The Hall–Kier alpha value is -3.21. The molecule has 0 bridgehead atoms. The fourth-order valence-corrected chi connectivity index (χ4v) is 3.29. The maximum absolute atomic E-state index is 12.6. The highest BCUT2D eigenvalue weighted by Gasteiger charge is 2.38. The molecule has 0 saturated carbocycles. The van der Waals surface area contributed by atoms with Crippen LogP contribution in [-0.4, -0.2) is 58.1 Å². The average Bonchev–Trinajstić information content (AvgIpc) is 3.25. The third-order valence-corrected chi connectivity index (χ3v) is 4.88. The van der Waals surface area contributed by atoms with Crippen LogP contribution in [0, 0.1) is 0 Å². The van der Waals surface area contributed by atoms with E-state index in [2.05, 4.69) is 25.3 Å². The van der Waals surface area contributed by atoms with Crippen molar-refractivity contribution >= 4 is 5.82 Å². The normalized spacial score (nSPS) is 15.3. The zero-order valence-corrected chi connectivity index (χ0v) is 16.8. The molecule has 3 heterocycles. The van der Waals surface area contributed by atoms with E-state index >= 15 is 0 Å². The summed E-state index contributed by atoms with van der Waals surface area (Å²) in [6.07, 6.45) is -4.62. The highest BCUT2D eigenvalue weighted by atomic mass is 19.4. The van der Waals surface area contributed by atoms with E-state index in [0.717, 1.165) is 22.8 Å². The lowest BCUT2D eigenvalue weighted by Gasteiger charge is -2.34. The Labute approximate surface area is 176 Å². The predicted octanol–water partition coefficient (Wildman–Crippen LogP) is 3.27. The molecule has 3 aromatic rings. The first-order valence-electron chi connectivity index (χ1n) is 9.86. The Bertz CT molecular complexity index is 983. The van der Waals surface area contributed by atoms with Crippen molar-refractivity contribution in [2.24, 2.45) is 0 Å². The number of nitrogens with zero attached hydrogens (tertiary/aromatic N) is 6. The Morgan fingerprint density at radius 3 is 2.26 bits per heavy atom. The molecule has 2 aromatic heterocycles. The molecule has 0 spiro atoms. The van der Waals surface area contributed by atoms with Gasteiger partial charge in [0.1, 0.15) is 5.75 Å². The molecule has 4 rings (SSSR count). The van der Waals surface area contributed by atoms with Crippen molar-refractivity contribution in [2.75, 3.05) is 37.7 Å². The molecular formula is C20H21F3N6O2. The van der Waals surface area contributed by atoms with Gasteiger partial charge in [0, 0.05) is 31.7 Å². The van der Waals surface area contributed by atoms with Gasteiger partial charge in [0.2, 0.25) is 5.89 Å². The van der Waals surface area contributed by atoms with E-state index in [-0.39, 0.29) is 12.4 Å². The highest BCUT2D eigenvalue weighted by molar-refractivity contribution is 5.60. The largest absolute Gasteiger partial charge is 0.494 e. The van der Waals surface area contributed by atoms with Crippen LogP contribution in [0.5, 0.6) is 5.75 Å². The number of piperazine rings is 1. The van der Waals surface area contributed by atoms with Crippen LogP contribution in [0.3, 0.4) is 0 Å². The molecule has 164 valence electrons. The SMILES string of the molecule is CCOc1ccc(-c2ccc(N3CCN(Cc4nnc(C(F)(F)F)o4)CC3)nn2)cc1. The van der Waals surface area contributed by atoms with Crippen molar-refractivity contribution in [1.82, 2.24) is 25.3 Å². The van der Waals surface area contributed by atoms with Crippen LogP contribution in [0.1, 0.15) is 18.7 Å². The number of hydrogen-bond donors (Lipinski definition) is 0. The van der Waals surface area contributed by atoms with E-state index in [9.17, 15) is 13.2 Å². The van der Waals surface area contributed by atoms with E-state index in [0.29, 0.717) is 32.8 Å². The molecular weight excluding hydrogens is 413 g/mol. The fourth-order valence-electron chi connectivity index (χ4n) is 3.29. The Kier molecular flexibility index (Phi) is 6.03. The van der Waals surface area contributed by atoms with E-state index in [1.807, 2.05) is 48.2 Å². The zero-order valence-electron chi connectivity index (χ0n) is 16.8. The fraction of sp³-hybridized carbons (Fsp3) is 0.400. The number of aromatic nitrogens is 4. The van der Waals surface area contributed by atoms with Crippen molar-refractivity contribution < 1.29 is 22.3 Å². The molecule has 0 N–H and O–H groups in total. The van der Waals surface area contributed by atoms with Gasteiger partial charge in [0.15, 0.2) is 5.82 Å². The molecule has 0 aliphatic carbocycles. The number of rotatable bonds is 6. The number of benzene rings is 1. The first-order chi connectivity index (χ1) is 14.9. The summed E-state index contributed by atoms with van der Waals surface area (Å²) in [7, 11) is 0. The molecule has 31 heavy (non-hydrogen) atoms. The number of halogens is 3. The summed E-state index contributed by atoms with van der Waals surface area (Å²) in [5, 5.41) is 15.2. The van der Waals surface area contributed by atoms with Crippen LogP contribution in [0.15, 0.2) is 40.8 Å². The first kappa shape index (κ1) is 21.0. The third kappa shape index (κ3) is 5.10. The van der Waals surface area contributed by atoms with Gasteiger partial charge in [-0.2, -0.15) is 13.2 Å². The maximum atomic E-state index is 12.6. The van der Waals surface area contributed by atoms with Gasteiger partial charge in [-0.05, 0) is 43.3 Å². The van der Waals surface area contributed by atoms with E-state index in [4.69, 9.17) is 9.15 Å². The molecule has 1 saturated heterocycles. The number of alkyl halides is 3. The predicted molar refractivity (Wildman–Crippen MR) is 105 cm³/mol. The second-order valence-electron chi connectivity index (χ2n) is 7.00. The van der Waals surface area contributed by atoms with Gasteiger partial charge < -0.3 is 14.1 Å². The summed E-state index contributed by atoms with van der Waals surface area (Å²) in [4.78, 5) is 4.05. The summed E-state index contributed by atoms with van der Waals surface area (Å²) >= 11 is 0. The molecule has 0 amide bonds. The zero-order chi connectivity index (χ0) is 21.8. The van der Waals surface area contributed by atoms with Crippen LogP contribution in [0.4, 0.5) is 19.0 Å². The van der Waals surface area contributed by atoms with Crippen LogP contribution in [0.25, 0.3) is 11.3 Å². The van der Waals surface area contributed by atoms with Crippen LogP contribution in [0.2, 0.25) is 0 Å². The minimum Gasteiger partial charge on any atom is -0.494 e. The van der Waals surface area contributed by atoms with Gasteiger partial charge in [0.25, 0.3) is 0 Å². The van der Waals surface area contributed by atoms with Crippen molar-refractivity contribution in [3.63, 3.8) is 0 Å². The summed E-state index contributed by atoms with van der Waals surface area (Å²) in [6, 6.07) is 11.5. The minimum absolute atomic E-state index is 0.0414. The van der Waals surface area contributed by atoms with Gasteiger partial charge in [0.05, 0.1) is 18.8 Å². The second-order valence-corrected chi connectivity index (χ2v) is 7.00. The molecule has 8 nitrogen and oxygen atoms in total.